The van der Waals surface area contributed by atoms with Gasteiger partial charge in [-0.3, -0.25) is 9.36 Å². The lowest BCUT2D eigenvalue weighted by molar-refractivity contribution is -0.0411. The van der Waals surface area contributed by atoms with Crippen LogP contribution in [0.2, 0.25) is 5.02 Å². The Morgan fingerprint density at radius 3 is 2.93 bits per heavy atom. The molecule has 1 aliphatic rings. The molecule has 0 bridgehead atoms. The second-order valence-corrected chi connectivity index (χ2v) is 8.13. The van der Waals surface area contributed by atoms with Gasteiger partial charge in [-0.25, -0.2) is 9.97 Å². The number of furan rings is 1. The maximum atomic E-state index is 13.0. The van der Waals surface area contributed by atoms with Gasteiger partial charge in [0.1, 0.15) is 5.52 Å². The third-order valence-electron chi connectivity index (χ3n) is 5.12. The summed E-state index contributed by atoms with van der Waals surface area (Å²) in [6.45, 7) is 4.89. The molecule has 0 aliphatic carbocycles. The Morgan fingerprint density at radius 2 is 2.11 bits per heavy atom. The summed E-state index contributed by atoms with van der Waals surface area (Å²) in [5.74, 6) is 0. The number of halogens is 1. The highest BCUT2D eigenvalue weighted by Crippen LogP contribution is 2.32. The highest BCUT2D eigenvalue weighted by molar-refractivity contribution is 6.31. The molecule has 0 unspecified atom stereocenters. The van der Waals surface area contributed by atoms with E-state index in [1.807, 2.05) is 38.1 Å². The minimum Gasteiger partial charge on any atom is -0.430 e. The Balaban J connectivity index is 1.64. The predicted octanol–water partition coefficient (Wildman–Crippen LogP) is 4.09. The van der Waals surface area contributed by atoms with E-state index in [9.17, 15) is 4.79 Å². The molecule has 0 saturated heterocycles. The van der Waals surface area contributed by atoms with Gasteiger partial charge in [-0.1, -0.05) is 29.8 Å². The molecule has 0 saturated carbocycles. The molecule has 0 radical (unpaired) electrons. The van der Waals surface area contributed by atoms with Gasteiger partial charge in [0, 0.05) is 17.0 Å². The van der Waals surface area contributed by atoms with E-state index in [0.717, 1.165) is 22.2 Å². The molecule has 0 fully saturated rings. The maximum absolute atomic E-state index is 13.0. The third kappa shape index (κ3) is 2.80. The molecule has 28 heavy (non-hydrogen) atoms. The molecule has 5 rings (SSSR count). The van der Waals surface area contributed by atoms with Crippen molar-refractivity contribution >= 4 is 33.8 Å². The van der Waals surface area contributed by atoms with E-state index in [0.29, 0.717) is 35.8 Å². The number of aromatic nitrogens is 3. The predicted molar refractivity (Wildman–Crippen MR) is 107 cm³/mol. The van der Waals surface area contributed by atoms with Gasteiger partial charge in [0.2, 0.25) is 11.3 Å². The lowest BCUT2D eigenvalue weighted by Gasteiger charge is -2.30. The first-order valence-corrected chi connectivity index (χ1v) is 9.47. The Bertz CT molecular complexity index is 1290. The van der Waals surface area contributed by atoms with E-state index < -0.39 is 0 Å². The fourth-order valence-electron chi connectivity index (χ4n) is 3.60. The van der Waals surface area contributed by atoms with Gasteiger partial charge in [0.15, 0.2) is 0 Å². The first-order chi connectivity index (χ1) is 13.4. The third-order valence-corrected chi connectivity index (χ3v) is 5.49. The van der Waals surface area contributed by atoms with Crippen molar-refractivity contribution in [2.75, 3.05) is 0 Å². The van der Waals surface area contributed by atoms with Crippen LogP contribution in [-0.2, 0) is 24.3 Å². The molecule has 1 aromatic carbocycles. The normalized spacial score (nSPS) is 15.8. The zero-order chi connectivity index (χ0) is 19.5. The average molecular weight is 396 g/mol. The highest BCUT2D eigenvalue weighted by atomic mass is 35.5. The van der Waals surface area contributed by atoms with Crippen LogP contribution < -0.4 is 5.56 Å². The molecule has 7 heteroatoms. The Hall–Kier alpha value is -2.70. The summed E-state index contributed by atoms with van der Waals surface area (Å²) in [5, 5.41) is 1.34. The van der Waals surface area contributed by atoms with Crippen LogP contribution in [0.4, 0.5) is 0 Å². The summed E-state index contributed by atoms with van der Waals surface area (Å²) in [7, 11) is 0. The van der Waals surface area contributed by atoms with Crippen LogP contribution in [-0.4, -0.2) is 20.1 Å². The van der Waals surface area contributed by atoms with E-state index in [1.54, 1.807) is 6.07 Å². The van der Waals surface area contributed by atoms with Crippen molar-refractivity contribution in [3.05, 3.63) is 68.9 Å². The minimum absolute atomic E-state index is 0.208. The van der Waals surface area contributed by atoms with Gasteiger partial charge < -0.3 is 9.15 Å². The maximum Gasteiger partial charge on any atom is 0.297 e. The average Bonchev–Trinajstić information content (AvgIpc) is 3.01. The standard InChI is InChI=1S/C21H18ClN3O3/c1-21(2)8-16-13(10-27-21)7-14-17-18(28-19(14)24-16)20(26)25(11-23-17)9-12-5-3-4-6-15(12)22/h3-7,11H,8-10H2,1-2H3. The lowest BCUT2D eigenvalue weighted by Crippen LogP contribution is -2.32. The van der Waals surface area contributed by atoms with Crippen molar-refractivity contribution < 1.29 is 9.15 Å². The SMILES string of the molecule is CC1(C)Cc2nc3oc4c(=O)n(Cc5ccccc5Cl)cnc4c3cc2CO1. The number of hydrogen-bond acceptors (Lipinski definition) is 5. The van der Waals surface area contributed by atoms with Gasteiger partial charge in [0.05, 0.1) is 36.2 Å². The zero-order valence-electron chi connectivity index (χ0n) is 15.5. The van der Waals surface area contributed by atoms with Crippen LogP contribution in [0, 0.1) is 0 Å². The van der Waals surface area contributed by atoms with Gasteiger partial charge in [0.25, 0.3) is 5.56 Å². The Kier molecular flexibility index (Phi) is 3.82. The number of pyridine rings is 1. The van der Waals surface area contributed by atoms with E-state index in [1.165, 1.54) is 10.9 Å². The largest absolute Gasteiger partial charge is 0.430 e. The molecule has 0 spiro atoms. The number of rotatable bonds is 2. The van der Waals surface area contributed by atoms with Crippen LogP contribution in [0.15, 0.2) is 45.9 Å². The van der Waals surface area contributed by atoms with Crippen molar-refractivity contribution in [2.45, 2.75) is 39.0 Å². The Labute approximate surface area is 165 Å². The van der Waals surface area contributed by atoms with Crippen molar-refractivity contribution in [3.8, 4) is 0 Å². The van der Waals surface area contributed by atoms with Crippen LogP contribution >= 0.6 is 11.6 Å². The molecule has 6 nitrogen and oxygen atoms in total. The second kappa shape index (κ2) is 6.15. The molecule has 0 atom stereocenters. The number of hydrogen-bond donors (Lipinski definition) is 0. The second-order valence-electron chi connectivity index (χ2n) is 7.72. The summed E-state index contributed by atoms with van der Waals surface area (Å²) in [6.07, 6.45) is 2.22. The molecule has 0 amide bonds. The number of nitrogens with zero attached hydrogens (tertiary/aromatic N) is 3. The van der Waals surface area contributed by atoms with E-state index in [4.69, 9.17) is 20.8 Å². The van der Waals surface area contributed by atoms with Gasteiger partial charge >= 0.3 is 0 Å². The first kappa shape index (κ1) is 17.4. The molecular weight excluding hydrogens is 378 g/mol. The van der Waals surface area contributed by atoms with Gasteiger partial charge in [-0.15, -0.1) is 0 Å². The fraction of sp³-hybridized carbons (Fsp3) is 0.286. The van der Waals surface area contributed by atoms with Crippen molar-refractivity contribution in [3.63, 3.8) is 0 Å². The summed E-state index contributed by atoms with van der Waals surface area (Å²) < 4.78 is 13.2. The minimum atomic E-state index is -0.264. The quantitative estimate of drug-likeness (QED) is 0.511. The summed E-state index contributed by atoms with van der Waals surface area (Å²) >= 11 is 6.22. The van der Waals surface area contributed by atoms with E-state index in [2.05, 4.69) is 9.97 Å². The number of fused-ring (bicyclic) bond motifs is 4. The monoisotopic (exact) mass is 395 g/mol. The summed E-state index contributed by atoms with van der Waals surface area (Å²) in [5.41, 5.74) is 3.45. The van der Waals surface area contributed by atoms with E-state index >= 15 is 0 Å². The van der Waals surface area contributed by atoms with Crippen LogP contribution in [0.25, 0.3) is 22.2 Å². The molecule has 4 heterocycles. The summed E-state index contributed by atoms with van der Waals surface area (Å²) in [6, 6.07) is 9.40. The van der Waals surface area contributed by atoms with Crippen molar-refractivity contribution in [1.82, 2.24) is 14.5 Å². The highest BCUT2D eigenvalue weighted by Gasteiger charge is 2.28. The van der Waals surface area contributed by atoms with Crippen LogP contribution in [0.3, 0.4) is 0 Å². The van der Waals surface area contributed by atoms with Crippen molar-refractivity contribution in [1.29, 1.82) is 0 Å². The molecule has 3 aromatic heterocycles. The van der Waals surface area contributed by atoms with Crippen molar-refractivity contribution in [2.24, 2.45) is 0 Å². The molecule has 1 aliphatic heterocycles. The lowest BCUT2D eigenvalue weighted by atomic mass is 9.95. The molecule has 0 N–H and O–H groups in total. The Morgan fingerprint density at radius 1 is 1.29 bits per heavy atom. The smallest absolute Gasteiger partial charge is 0.297 e. The van der Waals surface area contributed by atoms with Crippen LogP contribution in [0.5, 0.6) is 0 Å². The number of benzene rings is 1. The topological polar surface area (TPSA) is 70.2 Å². The van der Waals surface area contributed by atoms with E-state index in [-0.39, 0.29) is 16.7 Å². The van der Waals surface area contributed by atoms with Gasteiger partial charge in [-0.05, 0) is 31.5 Å². The van der Waals surface area contributed by atoms with Gasteiger partial charge in [-0.2, -0.15) is 0 Å². The number of ether oxygens (including phenoxy) is 1. The summed E-state index contributed by atoms with van der Waals surface area (Å²) in [4.78, 5) is 22.1. The zero-order valence-corrected chi connectivity index (χ0v) is 16.3. The molecule has 4 aromatic rings. The first-order valence-electron chi connectivity index (χ1n) is 9.09. The molecule has 142 valence electrons. The fourth-order valence-corrected chi connectivity index (χ4v) is 3.80. The van der Waals surface area contributed by atoms with Crippen LogP contribution in [0.1, 0.15) is 30.7 Å². The molecular formula is C21H18ClN3O3.